The number of nitrogens with zero attached hydrogens (tertiary/aromatic N) is 2. The van der Waals surface area contributed by atoms with Gasteiger partial charge < -0.3 is 15.2 Å². The smallest absolute Gasteiger partial charge is 0.293 e. The zero-order chi connectivity index (χ0) is 13.9. The van der Waals surface area contributed by atoms with Crippen LogP contribution in [0.25, 0.3) is 0 Å². The van der Waals surface area contributed by atoms with Crippen LogP contribution in [0.2, 0.25) is 0 Å². The molecule has 2 rings (SSSR count). The highest BCUT2D eigenvalue weighted by atomic mass is 16.5. The number of aromatic nitrogens is 2. The second-order valence-electron chi connectivity index (χ2n) is 5.69. The average molecular weight is 266 g/mol. The number of rotatable bonds is 5. The van der Waals surface area contributed by atoms with Gasteiger partial charge in [0.1, 0.15) is 0 Å². The maximum atomic E-state index is 12.0. The monoisotopic (exact) mass is 266 g/mol. The van der Waals surface area contributed by atoms with Crippen molar-refractivity contribution in [3.63, 3.8) is 0 Å². The largest absolute Gasteiger partial charge is 0.344 e. The molecule has 1 aromatic rings. The Hall–Kier alpha value is -1.43. The van der Waals surface area contributed by atoms with E-state index in [4.69, 9.17) is 4.52 Å². The molecule has 1 amide bonds. The van der Waals surface area contributed by atoms with Gasteiger partial charge in [0, 0.05) is 5.54 Å². The van der Waals surface area contributed by atoms with Gasteiger partial charge in [0.05, 0.1) is 6.04 Å². The average Bonchev–Trinajstić information content (AvgIpc) is 2.99. The molecule has 1 saturated heterocycles. The molecule has 0 saturated carbocycles. The van der Waals surface area contributed by atoms with Crippen molar-refractivity contribution in [2.24, 2.45) is 0 Å². The number of hydrogen-bond acceptors (Lipinski definition) is 5. The molecule has 1 unspecified atom stereocenters. The molecule has 0 spiro atoms. The van der Waals surface area contributed by atoms with Crippen molar-refractivity contribution in [1.29, 1.82) is 0 Å². The van der Waals surface area contributed by atoms with Gasteiger partial charge in [-0.1, -0.05) is 18.5 Å². The number of hydrogen-bond donors (Lipinski definition) is 2. The minimum Gasteiger partial charge on any atom is -0.344 e. The van der Waals surface area contributed by atoms with Crippen LogP contribution in [0.4, 0.5) is 0 Å². The van der Waals surface area contributed by atoms with Crippen molar-refractivity contribution in [3.05, 3.63) is 11.7 Å². The summed E-state index contributed by atoms with van der Waals surface area (Å²) < 4.78 is 5.16. The van der Waals surface area contributed by atoms with Gasteiger partial charge in [-0.3, -0.25) is 4.79 Å². The molecule has 0 bridgehead atoms. The normalized spacial score (nSPS) is 19.6. The first-order chi connectivity index (χ1) is 9.02. The zero-order valence-corrected chi connectivity index (χ0v) is 11.8. The molecule has 1 aliphatic rings. The number of nitrogens with one attached hydrogen (secondary N) is 2. The van der Waals surface area contributed by atoms with Crippen LogP contribution in [0.3, 0.4) is 0 Å². The van der Waals surface area contributed by atoms with Gasteiger partial charge in [-0.05, 0) is 39.7 Å². The molecule has 1 atom stereocenters. The predicted octanol–water partition coefficient (Wildman–Crippen LogP) is 1.80. The van der Waals surface area contributed by atoms with E-state index in [0.717, 1.165) is 32.2 Å². The Morgan fingerprint density at radius 2 is 2.37 bits per heavy atom. The molecule has 19 heavy (non-hydrogen) atoms. The van der Waals surface area contributed by atoms with E-state index in [1.807, 2.05) is 13.8 Å². The lowest BCUT2D eigenvalue weighted by atomic mass is 9.99. The summed E-state index contributed by atoms with van der Waals surface area (Å²) in [5.74, 6) is 0.357. The quantitative estimate of drug-likeness (QED) is 0.849. The Balaban J connectivity index is 1.99. The van der Waals surface area contributed by atoms with Crippen molar-refractivity contribution in [3.8, 4) is 0 Å². The van der Waals surface area contributed by atoms with Crippen molar-refractivity contribution in [2.45, 2.75) is 58.0 Å². The van der Waals surface area contributed by atoms with E-state index < -0.39 is 0 Å². The van der Waals surface area contributed by atoms with Crippen molar-refractivity contribution >= 4 is 5.91 Å². The minimum atomic E-state index is -0.272. The summed E-state index contributed by atoms with van der Waals surface area (Å²) in [7, 11) is 0. The second kappa shape index (κ2) is 5.69. The summed E-state index contributed by atoms with van der Waals surface area (Å²) in [6.45, 7) is 7.03. The van der Waals surface area contributed by atoms with Crippen LogP contribution in [0, 0.1) is 0 Å². The summed E-state index contributed by atoms with van der Waals surface area (Å²) in [5.41, 5.74) is -0.252. The van der Waals surface area contributed by atoms with Gasteiger partial charge in [-0.15, -0.1) is 0 Å². The number of carbonyl (C=O) groups is 1. The third-order valence-electron chi connectivity index (χ3n) is 3.33. The first-order valence-corrected chi connectivity index (χ1v) is 6.91. The van der Waals surface area contributed by atoms with Crippen molar-refractivity contribution < 1.29 is 9.32 Å². The molecular formula is C13H22N4O2. The van der Waals surface area contributed by atoms with Gasteiger partial charge >= 0.3 is 0 Å². The third kappa shape index (κ3) is 3.53. The lowest BCUT2D eigenvalue weighted by Crippen LogP contribution is -2.43. The Morgan fingerprint density at radius 3 is 3.00 bits per heavy atom. The summed E-state index contributed by atoms with van der Waals surface area (Å²) in [5, 5.41) is 9.97. The SMILES string of the molecule is CCCC(C)(C)NC(=O)c1noc(C2CCCN2)n1. The fourth-order valence-corrected chi connectivity index (χ4v) is 2.42. The van der Waals surface area contributed by atoms with E-state index in [1.165, 1.54) is 0 Å². The highest BCUT2D eigenvalue weighted by molar-refractivity contribution is 5.90. The van der Waals surface area contributed by atoms with Crippen LogP contribution in [-0.4, -0.2) is 28.1 Å². The van der Waals surface area contributed by atoms with E-state index in [1.54, 1.807) is 0 Å². The van der Waals surface area contributed by atoms with E-state index in [2.05, 4.69) is 27.7 Å². The summed E-state index contributed by atoms with van der Waals surface area (Å²) >= 11 is 0. The summed E-state index contributed by atoms with van der Waals surface area (Å²) in [4.78, 5) is 16.2. The van der Waals surface area contributed by atoms with E-state index in [9.17, 15) is 4.79 Å². The predicted molar refractivity (Wildman–Crippen MR) is 70.7 cm³/mol. The van der Waals surface area contributed by atoms with Gasteiger partial charge in [0.2, 0.25) is 5.89 Å². The van der Waals surface area contributed by atoms with Crippen molar-refractivity contribution in [1.82, 2.24) is 20.8 Å². The molecule has 2 heterocycles. The molecule has 0 radical (unpaired) electrons. The fraction of sp³-hybridized carbons (Fsp3) is 0.769. The molecule has 2 N–H and O–H groups in total. The second-order valence-corrected chi connectivity index (χ2v) is 5.69. The van der Waals surface area contributed by atoms with Crippen LogP contribution in [0.15, 0.2) is 4.52 Å². The number of carbonyl (C=O) groups excluding carboxylic acids is 1. The highest BCUT2D eigenvalue weighted by Crippen LogP contribution is 2.21. The highest BCUT2D eigenvalue weighted by Gasteiger charge is 2.26. The first kappa shape index (κ1) is 14.0. The molecule has 1 aromatic heterocycles. The van der Waals surface area contributed by atoms with Crippen LogP contribution in [-0.2, 0) is 0 Å². The van der Waals surface area contributed by atoms with Gasteiger partial charge in [0.25, 0.3) is 11.7 Å². The standard InChI is InChI=1S/C13H22N4O2/c1-4-7-13(2,3)16-11(18)10-15-12(19-17-10)9-6-5-8-14-9/h9,14H,4-8H2,1-3H3,(H,16,18). The van der Waals surface area contributed by atoms with Gasteiger partial charge in [-0.2, -0.15) is 4.98 Å². The van der Waals surface area contributed by atoms with Gasteiger partial charge in [-0.25, -0.2) is 0 Å². The topological polar surface area (TPSA) is 80.0 Å². The molecule has 1 fully saturated rings. The minimum absolute atomic E-state index is 0.0951. The van der Waals surface area contributed by atoms with Crippen LogP contribution < -0.4 is 10.6 Å². The first-order valence-electron chi connectivity index (χ1n) is 6.91. The molecule has 1 aliphatic heterocycles. The molecule has 106 valence electrons. The maximum Gasteiger partial charge on any atom is 0.293 e. The Labute approximate surface area is 113 Å². The zero-order valence-electron chi connectivity index (χ0n) is 11.8. The molecule has 0 aliphatic carbocycles. The maximum absolute atomic E-state index is 12.0. The van der Waals surface area contributed by atoms with Crippen LogP contribution in [0.1, 0.15) is 69.0 Å². The summed E-state index contributed by atoms with van der Waals surface area (Å²) in [6.07, 6.45) is 3.99. The third-order valence-corrected chi connectivity index (χ3v) is 3.33. The van der Waals surface area contributed by atoms with E-state index in [-0.39, 0.29) is 23.3 Å². The Kier molecular flexibility index (Phi) is 4.19. The molecule has 6 heteroatoms. The van der Waals surface area contributed by atoms with Crippen LogP contribution in [0.5, 0.6) is 0 Å². The van der Waals surface area contributed by atoms with Crippen molar-refractivity contribution in [2.75, 3.05) is 6.54 Å². The molecular weight excluding hydrogens is 244 g/mol. The number of amides is 1. The molecule has 6 nitrogen and oxygen atoms in total. The fourth-order valence-electron chi connectivity index (χ4n) is 2.42. The Morgan fingerprint density at radius 1 is 1.58 bits per heavy atom. The summed E-state index contributed by atoms with van der Waals surface area (Å²) in [6, 6.07) is 0.0951. The van der Waals surface area contributed by atoms with E-state index >= 15 is 0 Å². The van der Waals surface area contributed by atoms with Gasteiger partial charge in [0.15, 0.2) is 0 Å². The van der Waals surface area contributed by atoms with Crippen LogP contribution >= 0.6 is 0 Å². The lowest BCUT2D eigenvalue weighted by Gasteiger charge is -2.24. The molecule has 0 aromatic carbocycles. The van der Waals surface area contributed by atoms with E-state index in [0.29, 0.717) is 5.89 Å². The lowest BCUT2D eigenvalue weighted by molar-refractivity contribution is 0.0895. The Bertz CT molecular complexity index is 436.